The summed E-state index contributed by atoms with van der Waals surface area (Å²) in [6.45, 7) is 3.03. The fourth-order valence-electron chi connectivity index (χ4n) is 1.53. The number of rotatable bonds is 4. The zero-order chi connectivity index (χ0) is 10.5. The van der Waals surface area contributed by atoms with E-state index in [1.807, 2.05) is 24.4 Å². The summed E-state index contributed by atoms with van der Waals surface area (Å²) in [5.41, 5.74) is 1.26. The lowest BCUT2D eigenvalue weighted by Gasteiger charge is -2.15. The Morgan fingerprint density at radius 1 is 1.33 bits per heavy atom. The quantitative estimate of drug-likeness (QED) is 0.857. The number of nitrogens with zero attached hydrogens (tertiary/aromatic N) is 2. The summed E-state index contributed by atoms with van der Waals surface area (Å²) in [6.07, 6.45) is 1.82. The highest BCUT2D eigenvalue weighted by molar-refractivity contribution is 7.05. The first-order chi connectivity index (χ1) is 7.42. The fraction of sp³-hybridized carbons (Fsp3) is 0.273. The van der Waals surface area contributed by atoms with Crippen LogP contribution in [0.25, 0.3) is 0 Å². The Hall–Kier alpha value is -1.26. The van der Waals surface area contributed by atoms with Gasteiger partial charge in [0, 0.05) is 0 Å². The monoisotopic (exact) mass is 219 g/mol. The molecule has 15 heavy (non-hydrogen) atoms. The van der Waals surface area contributed by atoms with Gasteiger partial charge in [0.05, 0.1) is 17.1 Å². The molecule has 0 saturated heterocycles. The van der Waals surface area contributed by atoms with E-state index < -0.39 is 0 Å². The Balaban J connectivity index is 2.28. The second kappa shape index (κ2) is 5.00. The Labute approximate surface area is 93.3 Å². The van der Waals surface area contributed by atoms with Gasteiger partial charge in [0.25, 0.3) is 0 Å². The Kier molecular flexibility index (Phi) is 3.42. The summed E-state index contributed by atoms with van der Waals surface area (Å²) in [7, 11) is 0. The maximum absolute atomic E-state index is 3.90. The molecule has 1 unspecified atom stereocenters. The van der Waals surface area contributed by atoms with Gasteiger partial charge in [-0.15, -0.1) is 5.10 Å². The van der Waals surface area contributed by atoms with Gasteiger partial charge in [0.15, 0.2) is 0 Å². The molecule has 1 atom stereocenters. The zero-order valence-corrected chi connectivity index (χ0v) is 9.37. The summed E-state index contributed by atoms with van der Waals surface area (Å²) >= 11 is 1.44. The van der Waals surface area contributed by atoms with Crippen LogP contribution in [0.4, 0.5) is 0 Å². The van der Waals surface area contributed by atoms with E-state index in [-0.39, 0.29) is 6.04 Å². The molecule has 78 valence electrons. The molecule has 0 aliphatic heterocycles. The van der Waals surface area contributed by atoms with Gasteiger partial charge in [0.1, 0.15) is 0 Å². The standard InChI is InChI=1S/C11H13N3S/c1-2-12-11(10-8-13-14-15-10)9-6-4-3-5-7-9/h3-8,11-12H,2H2,1H3. The van der Waals surface area contributed by atoms with Crippen molar-refractivity contribution in [3.05, 3.63) is 47.0 Å². The van der Waals surface area contributed by atoms with Crippen molar-refractivity contribution in [2.45, 2.75) is 13.0 Å². The van der Waals surface area contributed by atoms with Gasteiger partial charge >= 0.3 is 0 Å². The molecule has 1 N–H and O–H groups in total. The lowest BCUT2D eigenvalue weighted by molar-refractivity contribution is 0.638. The van der Waals surface area contributed by atoms with Gasteiger partial charge in [-0.25, -0.2) is 0 Å². The Morgan fingerprint density at radius 3 is 2.73 bits per heavy atom. The summed E-state index contributed by atoms with van der Waals surface area (Å²) in [4.78, 5) is 1.16. The summed E-state index contributed by atoms with van der Waals surface area (Å²) in [5, 5.41) is 7.31. The van der Waals surface area contributed by atoms with Crippen molar-refractivity contribution in [3.63, 3.8) is 0 Å². The minimum atomic E-state index is 0.219. The molecule has 1 heterocycles. The van der Waals surface area contributed by atoms with Crippen LogP contribution in [0.15, 0.2) is 36.5 Å². The number of nitrogens with one attached hydrogen (secondary N) is 1. The van der Waals surface area contributed by atoms with Gasteiger partial charge in [-0.05, 0) is 23.6 Å². The molecule has 2 rings (SSSR count). The van der Waals surface area contributed by atoms with E-state index in [4.69, 9.17) is 0 Å². The largest absolute Gasteiger partial charge is 0.306 e. The van der Waals surface area contributed by atoms with E-state index in [1.165, 1.54) is 17.1 Å². The van der Waals surface area contributed by atoms with Crippen LogP contribution in [-0.2, 0) is 0 Å². The summed E-state index contributed by atoms with van der Waals surface area (Å²) < 4.78 is 3.90. The smallest absolute Gasteiger partial charge is 0.0703 e. The summed E-state index contributed by atoms with van der Waals surface area (Å²) in [5.74, 6) is 0. The molecule has 2 aromatic rings. The molecule has 0 spiro atoms. The van der Waals surface area contributed by atoms with Crippen molar-refractivity contribution < 1.29 is 0 Å². The average molecular weight is 219 g/mol. The Bertz CT molecular complexity index is 385. The molecule has 0 fully saturated rings. The van der Waals surface area contributed by atoms with Crippen molar-refractivity contribution >= 4 is 11.5 Å². The van der Waals surface area contributed by atoms with Gasteiger partial charge in [-0.2, -0.15) is 0 Å². The van der Waals surface area contributed by atoms with E-state index in [0.717, 1.165) is 11.4 Å². The lowest BCUT2D eigenvalue weighted by atomic mass is 10.1. The molecule has 0 radical (unpaired) electrons. The molecular formula is C11H13N3S. The third-order valence-corrected chi connectivity index (χ3v) is 2.93. The maximum Gasteiger partial charge on any atom is 0.0703 e. The number of aromatic nitrogens is 2. The lowest BCUT2D eigenvalue weighted by Crippen LogP contribution is -2.20. The molecule has 1 aromatic carbocycles. The fourth-order valence-corrected chi connectivity index (χ4v) is 2.14. The SMILES string of the molecule is CCNC(c1ccccc1)c1cnns1. The molecule has 0 amide bonds. The highest BCUT2D eigenvalue weighted by Gasteiger charge is 2.14. The van der Waals surface area contributed by atoms with E-state index in [2.05, 4.69) is 34.0 Å². The third-order valence-electron chi connectivity index (χ3n) is 2.20. The van der Waals surface area contributed by atoms with Crippen LogP contribution in [0, 0.1) is 0 Å². The van der Waals surface area contributed by atoms with Crippen LogP contribution < -0.4 is 5.32 Å². The van der Waals surface area contributed by atoms with Crippen LogP contribution in [0.3, 0.4) is 0 Å². The maximum atomic E-state index is 3.90. The normalized spacial score (nSPS) is 12.6. The zero-order valence-electron chi connectivity index (χ0n) is 8.55. The van der Waals surface area contributed by atoms with Crippen molar-refractivity contribution in [1.82, 2.24) is 14.9 Å². The third kappa shape index (κ3) is 2.40. The Morgan fingerprint density at radius 2 is 2.13 bits per heavy atom. The number of benzene rings is 1. The number of hydrogen-bond donors (Lipinski definition) is 1. The molecule has 3 nitrogen and oxygen atoms in total. The highest BCUT2D eigenvalue weighted by atomic mass is 32.1. The van der Waals surface area contributed by atoms with Gasteiger partial charge in [-0.1, -0.05) is 41.7 Å². The van der Waals surface area contributed by atoms with Crippen LogP contribution in [0.2, 0.25) is 0 Å². The average Bonchev–Trinajstić information content (AvgIpc) is 2.80. The molecule has 0 aliphatic rings. The molecule has 0 saturated carbocycles. The van der Waals surface area contributed by atoms with E-state index in [0.29, 0.717) is 0 Å². The van der Waals surface area contributed by atoms with Crippen LogP contribution >= 0.6 is 11.5 Å². The molecule has 0 bridgehead atoms. The van der Waals surface area contributed by atoms with E-state index in [1.54, 1.807) is 0 Å². The molecule has 4 heteroatoms. The van der Waals surface area contributed by atoms with Crippen molar-refractivity contribution in [2.24, 2.45) is 0 Å². The first-order valence-electron chi connectivity index (χ1n) is 4.97. The minimum absolute atomic E-state index is 0.219. The van der Waals surface area contributed by atoms with Crippen LogP contribution in [0.1, 0.15) is 23.4 Å². The van der Waals surface area contributed by atoms with E-state index in [9.17, 15) is 0 Å². The van der Waals surface area contributed by atoms with Gasteiger partial charge < -0.3 is 5.32 Å². The minimum Gasteiger partial charge on any atom is -0.306 e. The highest BCUT2D eigenvalue weighted by Crippen LogP contribution is 2.23. The van der Waals surface area contributed by atoms with Crippen molar-refractivity contribution in [3.8, 4) is 0 Å². The molecule has 1 aromatic heterocycles. The molecular weight excluding hydrogens is 206 g/mol. The predicted molar refractivity (Wildman–Crippen MR) is 61.9 cm³/mol. The summed E-state index contributed by atoms with van der Waals surface area (Å²) in [6, 6.07) is 10.6. The second-order valence-corrected chi connectivity index (χ2v) is 4.04. The van der Waals surface area contributed by atoms with Gasteiger partial charge in [0.2, 0.25) is 0 Å². The molecule has 0 aliphatic carbocycles. The van der Waals surface area contributed by atoms with Gasteiger partial charge in [-0.3, -0.25) is 0 Å². The van der Waals surface area contributed by atoms with Crippen LogP contribution in [-0.4, -0.2) is 16.1 Å². The first-order valence-corrected chi connectivity index (χ1v) is 5.74. The second-order valence-electron chi connectivity index (χ2n) is 3.22. The van der Waals surface area contributed by atoms with Crippen molar-refractivity contribution in [2.75, 3.05) is 6.54 Å². The predicted octanol–water partition coefficient (Wildman–Crippen LogP) is 2.24. The topological polar surface area (TPSA) is 37.8 Å². The number of hydrogen-bond acceptors (Lipinski definition) is 4. The first kappa shape index (κ1) is 10.3. The van der Waals surface area contributed by atoms with Crippen molar-refractivity contribution in [1.29, 1.82) is 0 Å². The van der Waals surface area contributed by atoms with E-state index >= 15 is 0 Å². The van der Waals surface area contributed by atoms with Crippen LogP contribution in [0.5, 0.6) is 0 Å².